The maximum absolute atomic E-state index is 12.5. The molecule has 0 aliphatic rings. The van der Waals surface area contributed by atoms with E-state index in [2.05, 4.69) is 4.98 Å². The molecule has 0 aromatic carbocycles. The molecule has 0 aliphatic heterocycles. The summed E-state index contributed by atoms with van der Waals surface area (Å²) in [7, 11) is 0. The van der Waals surface area contributed by atoms with Gasteiger partial charge < -0.3 is 10.4 Å². The van der Waals surface area contributed by atoms with E-state index in [1.165, 1.54) is 10.8 Å². The van der Waals surface area contributed by atoms with E-state index in [1.54, 1.807) is 0 Å². The van der Waals surface area contributed by atoms with E-state index in [0.717, 1.165) is 17.5 Å². The average Bonchev–Trinajstić information content (AvgIpc) is 2.67. The highest BCUT2D eigenvalue weighted by Crippen LogP contribution is 2.30. The van der Waals surface area contributed by atoms with Crippen molar-refractivity contribution in [2.45, 2.75) is 18.6 Å². The molecule has 1 amide bonds. The number of amides is 1. The number of carboxylic acid groups (broad SMARTS) is 1. The molecule has 1 rings (SSSR count). The van der Waals surface area contributed by atoms with Gasteiger partial charge in [-0.15, -0.1) is 11.3 Å². The van der Waals surface area contributed by atoms with Crippen LogP contribution in [0, 0.1) is 0 Å². The van der Waals surface area contributed by atoms with Crippen molar-refractivity contribution in [2.75, 3.05) is 0 Å². The van der Waals surface area contributed by atoms with Crippen molar-refractivity contribution in [3.63, 3.8) is 0 Å². The Morgan fingerprint density at radius 3 is 2.41 bits per heavy atom. The standard InChI is InChI=1S/C8H7F3N2O3S/c1-7(6(15)16,8(9,10)11)13-5(14)4-2-12-3-17-4/h2-3H,1H3,(H,13,14)(H,15,16). The fourth-order valence-corrected chi connectivity index (χ4v) is 1.38. The molecule has 0 radical (unpaired) electrons. The monoisotopic (exact) mass is 268 g/mol. The van der Waals surface area contributed by atoms with Crippen LogP contribution in [-0.4, -0.2) is 33.7 Å². The lowest BCUT2D eigenvalue weighted by Gasteiger charge is -2.28. The molecule has 0 bridgehead atoms. The molecule has 1 aromatic rings. The van der Waals surface area contributed by atoms with Crippen molar-refractivity contribution in [3.8, 4) is 0 Å². The Hall–Kier alpha value is -1.64. The Labute approximate surface area is 97.3 Å². The van der Waals surface area contributed by atoms with Gasteiger partial charge in [0.15, 0.2) is 0 Å². The maximum atomic E-state index is 12.5. The normalized spacial score (nSPS) is 15.1. The number of aromatic nitrogens is 1. The van der Waals surface area contributed by atoms with Crippen LogP contribution >= 0.6 is 11.3 Å². The first-order valence-corrected chi connectivity index (χ1v) is 5.07. The summed E-state index contributed by atoms with van der Waals surface area (Å²) in [4.78, 5) is 25.4. The summed E-state index contributed by atoms with van der Waals surface area (Å²) in [5.74, 6) is -3.31. The van der Waals surface area contributed by atoms with E-state index in [0.29, 0.717) is 6.92 Å². The lowest BCUT2D eigenvalue weighted by atomic mass is 10.0. The van der Waals surface area contributed by atoms with E-state index < -0.39 is 23.6 Å². The largest absolute Gasteiger partial charge is 0.479 e. The average molecular weight is 268 g/mol. The lowest BCUT2D eigenvalue weighted by Crippen LogP contribution is -2.61. The van der Waals surface area contributed by atoms with Crippen molar-refractivity contribution in [1.82, 2.24) is 10.3 Å². The Morgan fingerprint density at radius 1 is 1.47 bits per heavy atom. The first-order valence-electron chi connectivity index (χ1n) is 4.19. The summed E-state index contributed by atoms with van der Waals surface area (Å²) in [6.45, 7) is 0.383. The second kappa shape index (κ2) is 4.32. The molecule has 17 heavy (non-hydrogen) atoms. The number of rotatable bonds is 3. The predicted octanol–water partition coefficient (Wildman–Crippen LogP) is 1.28. The van der Waals surface area contributed by atoms with Gasteiger partial charge in [-0.1, -0.05) is 0 Å². The van der Waals surface area contributed by atoms with Gasteiger partial charge in [0, 0.05) is 0 Å². The molecular weight excluding hydrogens is 261 g/mol. The van der Waals surface area contributed by atoms with Gasteiger partial charge in [0.2, 0.25) is 5.54 Å². The van der Waals surface area contributed by atoms with Crippen molar-refractivity contribution in [2.24, 2.45) is 0 Å². The van der Waals surface area contributed by atoms with E-state index in [-0.39, 0.29) is 4.88 Å². The van der Waals surface area contributed by atoms with Crippen LogP contribution in [0.5, 0.6) is 0 Å². The van der Waals surface area contributed by atoms with Crippen LogP contribution in [0.1, 0.15) is 16.6 Å². The molecule has 94 valence electrons. The van der Waals surface area contributed by atoms with Crippen LogP contribution in [0.2, 0.25) is 0 Å². The van der Waals surface area contributed by atoms with Crippen LogP contribution in [0.15, 0.2) is 11.7 Å². The molecule has 1 unspecified atom stereocenters. The summed E-state index contributed by atoms with van der Waals surface area (Å²) in [5, 5.41) is 10.0. The Bertz CT molecular complexity index is 432. The van der Waals surface area contributed by atoms with Gasteiger partial charge in [-0.3, -0.25) is 9.78 Å². The summed E-state index contributed by atoms with van der Waals surface area (Å²) in [6, 6.07) is 0. The van der Waals surface area contributed by atoms with Crippen LogP contribution in [0.3, 0.4) is 0 Å². The zero-order chi connectivity index (χ0) is 13.3. The van der Waals surface area contributed by atoms with E-state index >= 15 is 0 Å². The molecule has 2 N–H and O–H groups in total. The van der Waals surface area contributed by atoms with Gasteiger partial charge in [0.1, 0.15) is 4.88 Å². The van der Waals surface area contributed by atoms with Gasteiger partial charge in [0.05, 0.1) is 11.7 Å². The summed E-state index contributed by atoms with van der Waals surface area (Å²) in [6.07, 6.45) is -4.04. The van der Waals surface area contributed by atoms with Crippen molar-refractivity contribution in [3.05, 3.63) is 16.6 Å². The van der Waals surface area contributed by atoms with Crippen molar-refractivity contribution < 1.29 is 27.9 Å². The number of nitrogens with one attached hydrogen (secondary N) is 1. The zero-order valence-corrected chi connectivity index (χ0v) is 9.22. The minimum absolute atomic E-state index is 0.0956. The third-order valence-corrected chi connectivity index (χ3v) is 2.79. The molecular formula is C8H7F3N2O3S. The molecule has 0 saturated heterocycles. The summed E-state index contributed by atoms with van der Waals surface area (Å²) < 4.78 is 37.6. The number of hydrogen-bond donors (Lipinski definition) is 2. The number of carboxylic acids is 1. The highest BCUT2D eigenvalue weighted by molar-refractivity contribution is 7.11. The van der Waals surface area contributed by atoms with Crippen LogP contribution in [-0.2, 0) is 4.79 Å². The number of hydrogen-bond acceptors (Lipinski definition) is 4. The number of carbonyl (C=O) groups is 2. The molecule has 0 fully saturated rings. The number of carbonyl (C=O) groups excluding carboxylic acids is 1. The number of halogens is 3. The molecule has 0 spiro atoms. The lowest BCUT2D eigenvalue weighted by molar-refractivity contribution is -0.203. The molecule has 1 heterocycles. The third-order valence-electron chi connectivity index (χ3n) is 2.01. The van der Waals surface area contributed by atoms with Gasteiger partial charge in [-0.25, -0.2) is 4.79 Å². The fourth-order valence-electron chi connectivity index (χ4n) is 0.862. The zero-order valence-electron chi connectivity index (χ0n) is 8.41. The second-order valence-corrected chi connectivity index (χ2v) is 4.13. The number of alkyl halides is 3. The molecule has 1 atom stereocenters. The van der Waals surface area contributed by atoms with Gasteiger partial charge in [-0.05, 0) is 6.92 Å². The highest BCUT2D eigenvalue weighted by atomic mass is 32.1. The Morgan fingerprint density at radius 2 is 2.06 bits per heavy atom. The summed E-state index contributed by atoms with van der Waals surface area (Å²) in [5.41, 5.74) is -2.07. The van der Waals surface area contributed by atoms with Crippen molar-refractivity contribution >= 4 is 23.2 Å². The van der Waals surface area contributed by atoms with E-state index in [1.807, 2.05) is 0 Å². The minimum atomic E-state index is -5.10. The van der Waals surface area contributed by atoms with Crippen LogP contribution in [0.4, 0.5) is 13.2 Å². The third kappa shape index (κ3) is 2.54. The van der Waals surface area contributed by atoms with E-state index in [4.69, 9.17) is 5.11 Å². The van der Waals surface area contributed by atoms with Gasteiger partial charge in [-0.2, -0.15) is 13.2 Å². The smallest absolute Gasteiger partial charge is 0.422 e. The fraction of sp³-hybridized carbons (Fsp3) is 0.375. The van der Waals surface area contributed by atoms with Crippen LogP contribution < -0.4 is 5.32 Å². The summed E-state index contributed by atoms with van der Waals surface area (Å²) >= 11 is 0.811. The van der Waals surface area contributed by atoms with E-state index in [9.17, 15) is 22.8 Å². The Balaban J connectivity index is 2.97. The van der Waals surface area contributed by atoms with Crippen molar-refractivity contribution in [1.29, 1.82) is 0 Å². The first-order chi connectivity index (χ1) is 7.68. The topological polar surface area (TPSA) is 79.3 Å². The molecule has 9 heteroatoms. The molecule has 1 aromatic heterocycles. The predicted molar refractivity (Wildman–Crippen MR) is 51.7 cm³/mol. The Kier molecular flexibility index (Phi) is 3.41. The van der Waals surface area contributed by atoms with Gasteiger partial charge >= 0.3 is 12.1 Å². The highest BCUT2D eigenvalue weighted by Gasteiger charge is 2.58. The SMILES string of the molecule is CC(NC(=O)c1cncs1)(C(=O)O)C(F)(F)F. The molecule has 5 nitrogen and oxygen atoms in total. The molecule has 0 aliphatic carbocycles. The first kappa shape index (κ1) is 13.4. The number of aliphatic carboxylic acids is 1. The molecule has 0 saturated carbocycles. The quantitative estimate of drug-likeness (QED) is 0.865. The maximum Gasteiger partial charge on any atom is 0.422 e. The number of nitrogens with zero attached hydrogens (tertiary/aromatic N) is 1. The second-order valence-electron chi connectivity index (χ2n) is 3.25. The minimum Gasteiger partial charge on any atom is -0.479 e. The number of thiazole rings is 1. The van der Waals surface area contributed by atoms with Crippen LogP contribution in [0.25, 0.3) is 0 Å². The van der Waals surface area contributed by atoms with Gasteiger partial charge in [0.25, 0.3) is 5.91 Å².